The highest BCUT2D eigenvalue weighted by Gasteiger charge is 2.55. The molecule has 0 aliphatic heterocycles. The summed E-state index contributed by atoms with van der Waals surface area (Å²) in [6, 6.07) is 0. The van der Waals surface area contributed by atoms with Gasteiger partial charge in [-0.05, 0) is 25.0 Å². The van der Waals surface area contributed by atoms with Gasteiger partial charge in [-0.2, -0.15) is 0 Å². The summed E-state index contributed by atoms with van der Waals surface area (Å²) in [6.45, 7) is 4.48. The molecule has 0 amide bonds. The van der Waals surface area contributed by atoms with E-state index in [0.717, 1.165) is 44.3 Å². The van der Waals surface area contributed by atoms with Crippen molar-refractivity contribution in [1.82, 2.24) is 0 Å². The van der Waals surface area contributed by atoms with E-state index in [0.29, 0.717) is 12.8 Å². The van der Waals surface area contributed by atoms with Crippen molar-refractivity contribution in [3.8, 4) is 0 Å². The molecule has 0 aromatic rings. The van der Waals surface area contributed by atoms with Gasteiger partial charge in [0.15, 0.2) is 17.0 Å². The van der Waals surface area contributed by atoms with Crippen LogP contribution in [0.2, 0.25) is 0 Å². The molecule has 0 bridgehead atoms. The molecule has 242 valence electrons. The summed E-state index contributed by atoms with van der Waals surface area (Å²) in [5.74, 6) is -2.86. The smallest absolute Gasteiger partial charge is 0.293 e. The standard InChI is InChI=1S/C36H62O6/c1-3-5-7-9-11-13-15-17-18-20-22-24-26-28-34(39)41-42-35(40)36(32(37)29-30-33(36)38)31-27-25-23-21-19-16-14-12-10-8-6-4-2/h29-30H,3-28,31H2,1-2H3. The number of carbonyl (C=O) groups excluding carboxylic acids is 4. The van der Waals surface area contributed by atoms with Crippen LogP contribution in [0.3, 0.4) is 0 Å². The largest absolute Gasteiger partial charge is 0.377 e. The first-order valence-electron chi connectivity index (χ1n) is 17.7. The Hall–Kier alpha value is -1.98. The quantitative estimate of drug-likeness (QED) is 0.0390. The van der Waals surface area contributed by atoms with Crippen LogP contribution in [-0.4, -0.2) is 23.5 Å². The second-order valence-corrected chi connectivity index (χ2v) is 12.4. The minimum atomic E-state index is -1.89. The van der Waals surface area contributed by atoms with Crippen molar-refractivity contribution in [3.63, 3.8) is 0 Å². The van der Waals surface area contributed by atoms with Crippen molar-refractivity contribution >= 4 is 23.5 Å². The predicted octanol–water partition coefficient (Wildman–Crippen LogP) is 10.3. The lowest BCUT2D eigenvalue weighted by atomic mass is 9.78. The number of carbonyl (C=O) groups is 4. The number of allylic oxidation sites excluding steroid dienone is 2. The van der Waals surface area contributed by atoms with Gasteiger partial charge in [-0.1, -0.05) is 168 Å². The fourth-order valence-corrected chi connectivity index (χ4v) is 5.82. The molecular formula is C36H62O6. The molecule has 0 unspecified atom stereocenters. The van der Waals surface area contributed by atoms with E-state index in [9.17, 15) is 19.2 Å². The SMILES string of the molecule is CCCCCCCCCCCCCCCC(=O)OOC(=O)C1(CCCCCCCCCCCCCC)C(=O)C=CC1=O. The summed E-state index contributed by atoms with van der Waals surface area (Å²) in [7, 11) is 0. The molecule has 0 aromatic heterocycles. The monoisotopic (exact) mass is 590 g/mol. The average molecular weight is 591 g/mol. The molecule has 1 aliphatic carbocycles. The zero-order chi connectivity index (χ0) is 30.7. The van der Waals surface area contributed by atoms with Gasteiger partial charge in [0, 0.05) is 0 Å². The molecule has 0 saturated carbocycles. The Kier molecular flexibility index (Phi) is 23.1. The van der Waals surface area contributed by atoms with E-state index in [1.54, 1.807) is 0 Å². The van der Waals surface area contributed by atoms with Crippen LogP contribution in [-0.2, 0) is 29.0 Å². The number of hydrogen-bond donors (Lipinski definition) is 0. The van der Waals surface area contributed by atoms with Gasteiger partial charge < -0.3 is 0 Å². The normalized spacial score (nSPS) is 14.0. The Bertz CT molecular complexity index is 753. The first-order valence-corrected chi connectivity index (χ1v) is 17.7. The van der Waals surface area contributed by atoms with E-state index in [1.165, 1.54) is 116 Å². The molecular weight excluding hydrogens is 528 g/mol. The third kappa shape index (κ3) is 16.6. The highest BCUT2D eigenvalue weighted by molar-refractivity contribution is 6.33. The topological polar surface area (TPSA) is 86.7 Å². The molecule has 0 radical (unpaired) electrons. The zero-order valence-corrected chi connectivity index (χ0v) is 27.2. The van der Waals surface area contributed by atoms with Gasteiger partial charge in [-0.25, -0.2) is 19.4 Å². The Morgan fingerprint density at radius 2 is 0.833 bits per heavy atom. The number of rotatable bonds is 28. The van der Waals surface area contributed by atoms with Crippen LogP contribution in [0.5, 0.6) is 0 Å². The van der Waals surface area contributed by atoms with E-state index in [1.807, 2.05) is 0 Å². The fourth-order valence-electron chi connectivity index (χ4n) is 5.82. The van der Waals surface area contributed by atoms with E-state index in [2.05, 4.69) is 13.8 Å². The first-order chi connectivity index (χ1) is 20.5. The maximum Gasteiger partial charge on any atom is 0.377 e. The highest BCUT2D eigenvalue weighted by atomic mass is 17.2. The molecule has 6 nitrogen and oxygen atoms in total. The molecule has 0 aromatic carbocycles. The molecule has 0 heterocycles. The van der Waals surface area contributed by atoms with E-state index in [-0.39, 0.29) is 12.8 Å². The summed E-state index contributed by atoms with van der Waals surface area (Å²) in [4.78, 5) is 59.6. The van der Waals surface area contributed by atoms with Crippen LogP contribution in [0.25, 0.3) is 0 Å². The third-order valence-corrected chi connectivity index (χ3v) is 8.68. The fraction of sp³-hybridized carbons (Fsp3) is 0.833. The predicted molar refractivity (Wildman–Crippen MR) is 170 cm³/mol. The molecule has 0 spiro atoms. The lowest BCUT2D eigenvalue weighted by Crippen LogP contribution is -2.43. The molecule has 0 fully saturated rings. The van der Waals surface area contributed by atoms with Crippen LogP contribution in [0.15, 0.2) is 12.2 Å². The number of unbranched alkanes of at least 4 members (excludes halogenated alkanes) is 23. The van der Waals surface area contributed by atoms with E-state index >= 15 is 0 Å². The summed E-state index contributed by atoms with van der Waals surface area (Å²) in [6.07, 6.45) is 32.0. The minimum absolute atomic E-state index is 0.0876. The van der Waals surface area contributed by atoms with E-state index < -0.39 is 28.9 Å². The Balaban J connectivity index is 2.16. The minimum Gasteiger partial charge on any atom is -0.293 e. The third-order valence-electron chi connectivity index (χ3n) is 8.68. The van der Waals surface area contributed by atoms with Gasteiger partial charge in [-0.3, -0.25) is 9.59 Å². The van der Waals surface area contributed by atoms with Gasteiger partial charge in [0.25, 0.3) is 0 Å². The van der Waals surface area contributed by atoms with Gasteiger partial charge in [-0.15, -0.1) is 0 Å². The van der Waals surface area contributed by atoms with Crippen LogP contribution in [0.1, 0.15) is 187 Å². The van der Waals surface area contributed by atoms with Gasteiger partial charge in [0.1, 0.15) is 0 Å². The van der Waals surface area contributed by atoms with Crippen LogP contribution in [0, 0.1) is 5.41 Å². The van der Waals surface area contributed by atoms with Crippen molar-refractivity contribution in [2.45, 2.75) is 187 Å². The molecule has 42 heavy (non-hydrogen) atoms. The van der Waals surface area contributed by atoms with Crippen molar-refractivity contribution in [2.24, 2.45) is 5.41 Å². The molecule has 1 aliphatic rings. The number of hydrogen-bond acceptors (Lipinski definition) is 6. The van der Waals surface area contributed by atoms with Crippen molar-refractivity contribution in [3.05, 3.63) is 12.2 Å². The first kappa shape index (κ1) is 38.0. The zero-order valence-electron chi connectivity index (χ0n) is 27.2. The second-order valence-electron chi connectivity index (χ2n) is 12.4. The lowest BCUT2D eigenvalue weighted by Gasteiger charge is -2.22. The molecule has 0 saturated heterocycles. The van der Waals surface area contributed by atoms with Crippen LogP contribution in [0.4, 0.5) is 0 Å². The molecule has 0 atom stereocenters. The van der Waals surface area contributed by atoms with Crippen molar-refractivity contribution < 1.29 is 29.0 Å². The summed E-state index contributed by atoms with van der Waals surface area (Å²) >= 11 is 0. The van der Waals surface area contributed by atoms with Crippen molar-refractivity contribution in [2.75, 3.05) is 0 Å². The average Bonchev–Trinajstić information content (AvgIpc) is 3.28. The molecule has 6 heteroatoms. The summed E-state index contributed by atoms with van der Waals surface area (Å²) in [5, 5.41) is 0. The van der Waals surface area contributed by atoms with Gasteiger partial charge in [0.05, 0.1) is 6.42 Å². The maximum absolute atomic E-state index is 12.8. The van der Waals surface area contributed by atoms with Crippen LogP contribution >= 0.6 is 0 Å². The van der Waals surface area contributed by atoms with Crippen LogP contribution < -0.4 is 0 Å². The Morgan fingerprint density at radius 1 is 0.500 bits per heavy atom. The van der Waals surface area contributed by atoms with E-state index in [4.69, 9.17) is 9.78 Å². The Morgan fingerprint density at radius 3 is 1.21 bits per heavy atom. The second kappa shape index (κ2) is 25.5. The lowest BCUT2D eigenvalue weighted by molar-refractivity contribution is -0.264. The van der Waals surface area contributed by atoms with Crippen molar-refractivity contribution in [1.29, 1.82) is 0 Å². The summed E-state index contributed by atoms with van der Waals surface area (Å²) in [5.41, 5.74) is -1.89. The van der Waals surface area contributed by atoms with Gasteiger partial charge in [0.2, 0.25) is 0 Å². The molecule has 1 rings (SSSR count). The Labute approximate surface area is 257 Å². The maximum atomic E-state index is 12.8. The highest BCUT2D eigenvalue weighted by Crippen LogP contribution is 2.35. The number of ketones is 2. The molecule has 0 N–H and O–H groups in total. The summed E-state index contributed by atoms with van der Waals surface area (Å²) < 4.78 is 0. The van der Waals surface area contributed by atoms with Gasteiger partial charge >= 0.3 is 11.9 Å².